The number of hydrogen-bond donors (Lipinski definition) is 0. The molecular weight excluding hydrogens is 324 g/mol. The Bertz CT molecular complexity index is 978. The molecule has 0 saturated heterocycles. The van der Waals surface area contributed by atoms with Crippen LogP contribution in [-0.2, 0) is 10.1 Å². The quantitative estimate of drug-likeness (QED) is 0.648. The van der Waals surface area contributed by atoms with Gasteiger partial charge in [-0.2, -0.15) is 8.42 Å². The van der Waals surface area contributed by atoms with Gasteiger partial charge in [0.25, 0.3) is 0 Å². The van der Waals surface area contributed by atoms with E-state index >= 15 is 0 Å². The summed E-state index contributed by atoms with van der Waals surface area (Å²) in [6.07, 6.45) is 0. The zero-order valence-corrected chi connectivity index (χ0v) is 14.3. The number of fused-ring (bicyclic) bond motifs is 1. The zero-order valence-electron chi connectivity index (χ0n) is 13.5. The van der Waals surface area contributed by atoms with Crippen LogP contribution < -0.4 is 8.92 Å². The summed E-state index contributed by atoms with van der Waals surface area (Å²) in [6, 6.07) is 17.9. The summed E-state index contributed by atoms with van der Waals surface area (Å²) in [5.74, 6) is 0.571. The highest BCUT2D eigenvalue weighted by Gasteiger charge is 2.22. The Morgan fingerprint density at radius 1 is 0.917 bits per heavy atom. The van der Waals surface area contributed by atoms with Gasteiger partial charge in [0.05, 0.1) is 6.61 Å². The molecule has 3 aromatic rings. The molecule has 0 heterocycles. The first-order valence-corrected chi connectivity index (χ1v) is 9.07. The van der Waals surface area contributed by atoms with Crippen molar-refractivity contribution in [2.24, 2.45) is 0 Å². The van der Waals surface area contributed by atoms with Crippen molar-refractivity contribution in [2.75, 3.05) is 6.61 Å². The molecule has 3 aromatic carbocycles. The summed E-state index contributed by atoms with van der Waals surface area (Å²) >= 11 is 0. The lowest BCUT2D eigenvalue weighted by molar-refractivity contribution is 0.329. The lowest BCUT2D eigenvalue weighted by Crippen LogP contribution is -2.12. The summed E-state index contributed by atoms with van der Waals surface area (Å²) in [7, 11) is -3.98. The van der Waals surface area contributed by atoms with E-state index in [9.17, 15) is 8.42 Å². The molecule has 0 N–H and O–H groups in total. The number of benzene rings is 3. The zero-order chi connectivity index (χ0) is 17.2. The largest absolute Gasteiger partial charge is 0.492 e. The van der Waals surface area contributed by atoms with Crippen LogP contribution in [0.25, 0.3) is 10.8 Å². The summed E-state index contributed by atoms with van der Waals surface area (Å²) < 4.78 is 36.1. The molecule has 0 atom stereocenters. The predicted octanol–water partition coefficient (Wildman–Crippen LogP) is 4.31. The summed E-state index contributed by atoms with van der Waals surface area (Å²) in [5.41, 5.74) is 0.819. The topological polar surface area (TPSA) is 52.6 Å². The van der Waals surface area contributed by atoms with Crippen LogP contribution in [0.2, 0.25) is 0 Å². The normalized spacial score (nSPS) is 11.4. The smallest absolute Gasteiger partial charge is 0.342 e. The van der Waals surface area contributed by atoms with Gasteiger partial charge >= 0.3 is 10.1 Å². The first-order valence-electron chi connectivity index (χ1n) is 7.66. The van der Waals surface area contributed by atoms with Crippen LogP contribution in [0.5, 0.6) is 11.5 Å². The summed E-state index contributed by atoms with van der Waals surface area (Å²) in [5, 5.41) is 1.94. The van der Waals surface area contributed by atoms with Crippen LogP contribution in [0, 0.1) is 6.92 Å². The summed E-state index contributed by atoms with van der Waals surface area (Å²) in [4.78, 5) is 0.0394. The van der Waals surface area contributed by atoms with Crippen molar-refractivity contribution in [3.63, 3.8) is 0 Å². The number of aryl methyl sites for hydroxylation is 1. The van der Waals surface area contributed by atoms with Gasteiger partial charge in [-0.25, -0.2) is 0 Å². The third kappa shape index (κ3) is 3.36. The monoisotopic (exact) mass is 342 g/mol. The van der Waals surface area contributed by atoms with Crippen molar-refractivity contribution in [3.05, 3.63) is 66.2 Å². The number of rotatable bonds is 5. The Hall–Kier alpha value is -2.53. The minimum atomic E-state index is -3.98. The summed E-state index contributed by atoms with van der Waals surface area (Å²) in [6.45, 7) is 4.01. The molecule has 0 unspecified atom stereocenters. The first-order chi connectivity index (χ1) is 11.5. The number of ether oxygens (including phenoxy) is 1. The first kappa shape index (κ1) is 16.3. The van der Waals surface area contributed by atoms with Gasteiger partial charge in [-0.3, -0.25) is 0 Å². The Balaban J connectivity index is 1.99. The van der Waals surface area contributed by atoms with Crippen LogP contribution in [0.3, 0.4) is 0 Å². The van der Waals surface area contributed by atoms with Crippen molar-refractivity contribution < 1.29 is 17.3 Å². The maximum atomic E-state index is 12.7. The van der Waals surface area contributed by atoms with E-state index in [1.165, 1.54) is 0 Å². The third-order valence-electron chi connectivity index (χ3n) is 3.60. The van der Waals surface area contributed by atoms with Crippen molar-refractivity contribution in [2.45, 2.75) is 18.7 Å². The van der Waals surface area contributed by atoms with Crippen LogP contribution in [0.15, 0.2) is 65.6 Å². The van der Waals surface area contributed by atoms with E-state index in [0.29, 0.717) is 12.4 Å². The molecule has 0 aliphatic carbocycles. The molecule has 0 radical (unpaired) electrons. The van der Waals surface area contributed by atoms with Crippen molar-refractivity contribution >= 4 is 20.9 Å². The lowest BCUT2D eigenvalue weighted by atomic mass is 10.1. The van der Waals surface area contributed by atoms with E-state index in [4.69, 9.17) is 8.92 Å². The fourth-order valence-electron chi connectivity index (χ4n) is 2.48. The Morgan fingerprint density at radius 3 is 2.42 bits per heavy atom. The molecular formula is C19H18O4S. The Labute approximate surface area is 141 Å². The third-order valence-corrected chi connectivity index (χ3v) is 4.86. The maximum absolute atomic E-state index is 12.7. The van der Waals surface area contributed by atoms with E-state index in [2.05, 4.69) is 0 Å². The molecule has 0 spiro atoms. The van der Waals surface area contributed by atoms with Crippen LogP contribution in [-0.4, -0.2) is 15.0 Å². The highest BCUT2D eigenvalue weighted by atomic mass is 32.2. The molecule has 4 nitrogen and oxygen atoms in total. The average Bonchev–Trinajstić information content (AvgIpc) is 2.56. The highest BCUT2D eigenvalue weighted by Crippen LogP contribution is 2.29. The van der Waals surface area contributed by atoms with Gasteiger partial charge in [0.2, 0.25) is 0 Å². The molecule has 0 amide bonds. The molecule has 0 aliphatic heterocycles. The van der Waals surface area contributed by atoms with Crippen molar-refractivity contribution in [3.8, 4) is 11.5 Å². The highest BCUT2D eigenvalue weighted by molar-refractivity contribution is 7.87. The molecule has 5 heteroatoms. The van der Waals surface area contributed by atoms with Crippen molar-refractivity contribution in [1.29, 1.82) is 0 Å². The van der Waals surface area contributed by atoms with Crippen LogP contribution >= 0.6 is 0 Å². The van der Waals surface area contributed by atoms with Gasteiger partial charge in [0, 0.05) is 0 Å². The van der Waals surface area contributed by atoms with Crippen LogP contribution in [0.4, 0.5) is 0 Å². The molecule has 3 rings (SSSR count). The minimum absolute atomic E-state index is 0.0394. The van der Waals surface area contributed by atoms with E-state index in [0.717, 1.165) is 16.3 Å². The second kappa shape index (κ2) is 6.53. The molecule has 0 saturated carbocycles. The SMILES string of the molecule is CCOc1ccc(C)cc1S(=O)(=O)Oc1ccc2ccccc2c1. The van der Waals surface area contributed by atoms with E-state index in [1.54, 1.807) is 37.3 Å². The Kier molecular flexibility index (Phi) is 4.44. The molecule has 124 valence electrons. The molecule has 0 fully saturated rings. The Morgan fingerprint density at radius 2 is 1.67 bits per heavy atom. The molecule has 0 aromatic heterocycles. The minimum Gasteiger partial charge on any atom is -0.492 e. The lowest BCUT2D eigenvalue weighted by Gasteiger charge is -2.13. The fraction of sp³-hybridized carbons (Fsp3) is 0.158. The number of hydrogen-bond acceptors (Lipinski definition) is 4. The fourth-order valence-corrected chi connectivity index (χ4v) is 3.63. The second-order valence-electron chi connectivity index (χ2n) is 5.43. The molecule has 0 aliphatic rings. The van der Waals surface area contributed by atoms with Gasteiger partial charge in [-0.05, 0) is 54.4 Å². The predicted molar refractivity (Wildman–Crippen MR) is 94.1 cm³/mol. The van der Waals surface area contributed by atoms with E-state index in [-0.39, 0.29) is 10.6 Å². The molecule has 0 bridgehead atoms. The molecule has 24 heavy (non-hydrogen) atoms. The standard InChI is InChI=1S/C19H18O4S/c1-3-22-18-11-8-14(2)12-19(18)24(20,21)23-17-10-9-15-6-4-5-7-16(15)13-17/h4-13H,3H2,1-2H3. The van der Waals surface area contributed by atoms with Gasteiger partial charge in [0.1, 0.15) is 16.4 Å². The van der Waals surface area contributed by atoms with Gasteiger partial charge in [0.15, 0.2) is 0 Å². The average molecular weight is 342 g/mol. The van der Waals surface area contributed by atoms with Gasteiger partial charge < -0.3 is 8.92 Å². The van der Waals surface area contributed by atoms with Crippen LogP contribution in [0.1, 0.15) is 12.5 Å². The van der Waals surface area contributed by atoms with Crippen molar-refractivity contribution in [1.82, 2.24) is 0 Å². The van der Waals surface area contributed by atoms with Gasteiger partial charge in [-0.1, -0.05) is 36.4 Å². The van der Waals surface area contributed by atoms with E-state index in [1.807, 2.05) is 37.3 Å². The van der Waals surface area contributed by atoms with Gasteiger partial charge in [-0.15, -0.1) is 0 Å². The maximum Gasteiger partial charge on any atom is 0.342 e. The second-order valence-corrected chi connectivity index (χ2v) is 6.94. The van der Waals surface area contributed by atoms with E-state index < -0.39 is 10.1 Å².